The Bertz CT molecular complexity index is 783. The molecule has 2 aromatic carbocycles. The number of halogens is 2. The number of nitrogens with zero attached hydrogens (tertiary/aromatic N) is 2. The zero-order chi connectivity index (χ0) is 14.8. The predicted octanol–water partition coefficient (Wildman–Crippen LogP) is 4.49. The molecule has 0 aliphatic rings. The number of hydrogen-bond donors (Lipinski definition) is 0. The Balaban J connectivity index is 2.10. The van der Waals surface area contributed by atoms with Crippen LogP contribution in [0.4, 0.5) is 0 Å². The summed E-state index contributed by atoms with van der Waals surface area (Å²) in [6.45, 7) is 0.652. The van der Waals surface area contributed by atoms with Crippen LogP contribution in [-0.4, -0.2) is 16.7 Å². The second-order valence-corrected chi connectivity index (χ2v) is 5.38. The maximum Gasteiger partial charge on any atom is 0.125 e. The topological polar surface area (TPSA) is 27.1 Å². The van der Waals surface area contributed by atoms with Gasteiger partial charge in [-0.2, -0.15) is 0 Å². The van der Waals surface area contributed by atoms with Crippen molar-refractivity contribution in [3.05, 3.63) is 58.9 Å². The molecule has 0 atom stereocenters. The molecule has 108 valence electrons. The number of hydrogen-bond acceptors (Lipinski definition) is 2. The van der Waals surface area contributed by atoms with Crippen LogP contribution in [0.2, 0.25) is 5.02 Å². The first-order valence-electron chi connectivity index (χ1n) is 6.55. The molecule has 0 aliphatic carbocycles. The second kappa shape index (κ2) is 5.96. The van der Waals surface area contributed by atoms with Crippen LogP contribution >= 0.6 is 23.2 Å². The van der Waals surface area contributed by atoms with Gasteiger partial charge in [0.2, 0.25) is 0 Å². The number of rotatable bonds is 4. The lowest BCUT2D eigenvalue weighted by molar-refractivity contribution is 0.414. The molecule has 3 rings (SSSR count). The van der Waals surface area contributed by atoms with E-state index < -0.39 is 0 Å². The maximum absolute atomic E-state index is 6.33. The van der Waals surface area contributed by atoms with E-state index in [0.717, 1.165) is 28.2 Å². The molecule has 0 saturated heterocycles. The zero-order valence-corrected chi connectivity index (χ0v) is 13.0. The Morgan fingerprint density at radius 3 is 2.76 bits per heavy atom. The van der Waals surface area contributed by atoms with Crippen LogP contribution in [0.1, 0.15) is 11.4 Å². The van der Waals surface area contributed by atoms with E-state index in [1.165, 1.54) is 0 Å². The number of alkyl halides is 1. The third-order valence-electron chi connectivity index (χ3n) is 3.39. The molecule has 21 heavy (non-hydrogen) atoms. The minimum Gasteiger partial charge on any atom is -0.497 e. The van der Waals surface area contributed by atoms with E-state index in [1.54, 1.807) is 7.11 Å². The van der Waals surface area contributed by atoms with Crippen molar-refractivity contribution >= 4 is 34.2 Å². The molecule has 0 saturated carbocycles. The molecule has 0 amide bonds. The summed E-state index contributed by atoms with van der Waals surface area (Å²) in [6.07, 6.45) is 0. The molecule has 0 N–H and O–H groups in total. The molecule has 0 aliphatic heterocycles. The van der Waals surface area contributed by atoms with Gasteiger partial charge < -0.3 is 9.30 Å². The standard InChI is InChI=1S/C16H14Cl2N2O/c1-21-12-5-2-4-11(8-12)10-20-15(9-17)19-14-7-3-6-13(18)16(14)20/h2-8H,9-10H2,1H3. The largest absolute Gasteiger partial charge is 0.497 e. The summed E-state index contributed by atoms with van der Waals surface area (Å²) in [5, 5.41) is 0.680. The summed E-state index contributed by atoms with van der Waals surface area (Å²) in [6, 6.07) is 13.6. The fourth-order valence-corrected chi connectivity index (χ4v) is 2.89. The Kier molecular flexibility index (Phi) is 4.04. The van der Waals surface area contributed by atoms with Gasteiger partial charge >= 0.3 is 0 Å². The average molecular weight is 321 g/mol. The van der Waals surface area contributed by atoms with Crippen molar-refractivity contribution < 1.29 is 4.74 Å². The second-order valence-electron chi connectivity index (χ2n) is 4.71. The summed E-state index contributed by atoms with van der Waals surface area (Å²) >= 11 is 12.4. The molecule has 0 bridgehead atoms. The number of aromatic nitrogens is 2. The van der Waals surface area contributed by atoms with E-state index in [0.29, 0.717) is 17.4 Å². The van der Waals surface area contributed by atoms with E-state index in [4.69, 9.17) is 27.9 Å². The van der Waals surface area contributed by atoms with E-state index >= 15 is 0 Å². The molecule has 3 nitrogen and oxygen atoms in total. The number of imidazole rings is 1. The first kappa shape index (κ1) is 14.2. The number of ether oxygens (including phenoxy) is 1. The molecule has 0 fully saturated rings. The van der Waals surface area contributed by atoms with Crippen molar-refractivity contribution in [3.8, 4) is 5.75 Å². The molecule has 0 radical (unpaired) electrons. The summed E-state index contributed by atoms with van der Waals surface area (Å²) in [5.41, 5.74) is 2.89. The van der Waals surface area contributed by atoms with Gasteiger partial charge in [0.1, 0.15) is 11.6 Å². The van der Waals surface area contributed by atoms with Gasteiger partial charge in [0, 0.05) is 6.54 Å². The minimum atomic E-state index is 0.342. The Labute approximate surface area is 133 Å². The quantitative estimate of drug-likeness (QED) is 0.662. The molecular formula is C16H14Cl2N2O. The van der Waals surface area contributed by atoms with Crippen LogP contribution < -0.4 is 4.74 Å². The fourth-order valence-electron chi connectivity index (χ4n) is 2.42. The van der Waals surface area contributed by atoms with Crippen LogP contribution in [0.3, 0.4) is 0 Å². The molecule has 3 aromatic rings. The fraction of sp³-hybridized carbons (Fsp3) is 0.188. The normalized spacial score (nSPS) is 11.0. The third kappa shape index (κ3) is 2.71. The van der Waals surface area contributed by atoms with E-state index in [-0.39, 0.29) is 0 Å². The molecule has 1 heterocycles. The summed E-state index contributed by atoms with van der Waals surface area (Å²) in [5.74, 6) is 1.98. The van der Waals surface area contributed by atoms with Crippen molar-refractivity contribution in [2.75, 3.05) is 7.11 Å². The average Bonchev–Trinajstić information content (AvgIpc) is 2.86. The van der Waals surface area contributed by atoms with Gasteiger partial charge in [-0.15, -0.1) is 11.6 Å². The highest BCUT2D eigenvalue weighted by atomic mass is 35.5. The van der Waals surface area contributed by atoms with Gasteiger partial charge in [-0.1, -0.05) is 29.8 Å². The van der Waals surface area contributed by atoms with Crippen molar-refractivity contribution in [3.63, 3.8) is 0 Å². The smallest absolute Gasteiger partial charge is 0.125 e. The van der Waals surface area contributed by atoms with Crippen molar-refractivity contribution in [2.45, 2.75) is 12.4 Å². The lowest BCUT2D eigenvalue weighted by atomic mass is 10.2. The van der Waals surface area contributed by atoms with Crippen molar-refractivity contribution in [2.24, 2.45) is 0 Å². The van der Waals surface area contributed by atoms with Crippen LogP contribution in [0.15, 0.2) is 42.5 Å². The highest BCUT2D eigenvalue weighted by Crippen LogP contribution is 2.26. The molecule has 1 aromatic heterocycles. The minimum absolute atomic E-state index is 0.342. The van der Waals surface area contributed by atoms with Gasteiger partial charge in [0.25, 0.3) is 0 Å². The lowest BCUT2D eigenvalue weighted by Gasteiger charge is -2.10. The Morgan fingerprint density at radius 1 is 1.19 bits per heavy atom. The third-order valence-corrected chi connectivity index (χ3v) is 3.93. The Hall–Kier alpha value is -1.71. The first-order chi connectivity index (χ1) is 10.2. The van der Waals surface area contributed by atoms with Crippen molar-refractivity contribution in [1.82, 2.24) is 9.55 Å². The van der Waals surface area contributed by atoms with Crippen LogP contribution in [-0.2, 0) is 12.4 Å². The molecule has 0 spiro atoms. The summed E-state index contributed by atoms with van der Waals surface area (Å²) in [4.78, 5) is 4.55. The van der Waals surface area contributed by atoms with Gasteiger partial charge in [-0.3, -0.25) is 0 Å². The van der Waals surface area contributed by atoms with Crippen molar-refractivity contribution in [1.29, 1.82) is 0 Å². The number of para-hydroxylation sites is 1. The van der Waals surface area contributed by atoms with Gasteiger partial charge in [-0.05, 0) is 29.8 Å². The molecular weight excluding hydrogens is 307 g/mol. The van der Waals surface area contributed by atoms with E-state index in [9.17, 15) is 0 Å². The van der Waals surface area contributed by atoms with Gasteiger partial charge in [0.15, 0.2) is 0 Å². The van der Waals surface area contributed by atoms with Crippen LogP contribution in [0.25, 0.3) is 11.0 Å². The molecule has 0 unspecified atom stereocenters. The van der Waals surface area contributed by atoms with Crippen LogP contribution in [0, 0.1) is 0 Å². The van der Waals surface area contributed by atoms with E-state index in [1.807, 2.05) is 42.5 Å². The number of methoxy groups -OCH3 is 1. The monoisotopic (exact) mass is 320 g/mol. The highest BCUT2D eigenvalue weighted by molar-refractivity contribution is 6.35. The van der Waals surface area contributed by atoms with Gasteiger partial charge in [0.05, 0.1) is 29.0 Å². The SMILES string of the molecule is COc1cccc(Cn2c(CCl)nc3cccc(Cl)c32)c1. The Morgan fingerprint density at radius 2 is 2.00 bits per heavy atom. The summed E-state index contributed by atoms with van der Waals surface area (Å²) < 4.78 is 7.32. The lowest BCUT2D eigenvalue weighted by Crippen LogP contribution is -2.04. The van der Waals surface area contributed by atoms with E-state index in [2.05, 4.69) is 9.55 Å². The van der Waals surface area contributed by atoms with Crippen LogP contribution in [0.5, 0.6) is 5.75 Å². The number of fused-ring (bicyclic) bond motifs is 1. The van der Waals surface area contributed by atoms with Gasteiger partial charge in [-0.25, -0.2) is 4.98 Å². The summed E-state index contributed by atoms with van der Waals surface area (Å²) in [7, 11) is 1.66. The zero-order valence-electron chi connectivity index (χ0n) is 11.5. The molecule has 5 heteroatoms. The first-order valence-corrected chi connectivity index (χ1v) is 7.46. The predicted molar refractivity (Wildman–Crippen MR) is 86.4 cm³/mol. The maximum atomic E-state index is 6.33. The highest BCUT2D eigenvalue weighted by Gasteiger charge is 2.13. The number of benzene rings is 2.